The third kappa shape index (κ3) is 3.55. The number of ether oxygens (including phenoxy) is 1. The molecule has 3 rings (SSSR count). The number of anilines is 1. The number of fused-ring (bicyclic) bond motifs is 1. The van der Waals surface area contributed by atoms with Crippen LogP contribution in [0.5, 0.6) is 5.75 Å². The second-order valence-electron chi connectivity index (χ2n) is 6.71. The van der Waals surface area contributed by atoms with Crippen LogP contribution >= 0.6 is 0 Å². The molecule has 1 unspecified atom stereocenters. The molecule has 1 saturated heterocycles. The van der Waals surface area contributed by atoms with Gasteiger partial charge in [-0.15, -0.1) is 0 Å². The lowest BCUT2D eigenvalue weighted by Crippen LogP contribution is -2.47. The summed E-state index contributed by atoms with van der Waals surface area (Å²) in [4.78, 5) is 28.4. The monoisotopic (exact) mass is 330 g/mol. The van der Waals surface area contributed by atoms with Crippen LogP contribution in [0.2, 0.25) is 0 Å². The summed E-state index contributed by atoms with van der Waals surface area (Å²) in [6.07, 6.45) is 4.37. The largest absolute Gasteiger partial charge is 0.486 e. The van der Waals surface area contributed by atoms with Gasteiger partial charge in [-0.05, 0) is 50.8 Å². The smallest absolute Gasteiger partial charge is 0.242 e. The predicted molar refractivity (Wildman–Crippen MR) is 93.8 cm³/mol. The molecule has 0 spiro atoms. The van der Waals surface area contributed by atoms with Crippen LogP contribution < -0.4 is 9.64 Å². The summed E-state index contributed by atoms with van der Waals surface area (Å²) >= 11 is 0. The van der Waals surface area contributed by atoms with Gasteiger partial charge in [0.25, 0.3) is 0 Å². The van der Waals surface area contributed by atoms with Crippen LogP contribution in [0.3, 0.4) is 0 Å². The fourth-order valence-corrected chi connectivity index (χ4v) is 3.41. The Morgan fingerprint density at radius 3 is 2.62 bits per heavy atom. The first kappa shape index (κ1) is 16.8. The quantitative estimate of drug-likeness (QED) is 0.797. The molecule has 0 aliphatic carbocycles. The van der Waals surface area contributed by atoms with Crippen LogP contribution in [-0.2, 0) is 4.79 Å². The van der Waals surface area contributed by atoms with Crippen molar-refractivity contribution in [2.45, 2.75) is 45.6 Å². The van der Waals surface area contributed by atoms with Crippen LogP contribution in [0, 0.1) is 0 Å². The molecule has 0 N–H and O–H groups in total. The Bertz CT molecular complexity index is 623. The summed E-state index contributed by atoms with van der Waals surface area (Å²) in [6, 6.07) is 5.50. The number of hydrogen-bond donors (Lipinski definition) is 0. The molecular weight excluding hydrogens is 304 g/mol. The first-order valence-corrected chi connectivity index (χ1v) is 8.93. The number of Topliss-reactive ketones (excluding diaryl/α,β-unsaturated/α-hetero) is 1. The van der Waals surface area contributed by atoms with Crippen LogP contribution in [-0.4, -0.2) is 48.9 Å². The fourth-order valence-electron chi connectivity index (χ4n) is 3.41. The molecule has 1 atom stereocenters. The van der Waals surface area contributed by atoms with Gasteiger partial charge in [0.2, 0.25) is 5.91 Å². The topological polar surface area (TPSA) is 49.9 Å². The fraction of sp³-hybridized carbons (Fsp3) is 0.579. The Labute approximate surface area is 143 Å². The summed E-state index contributed by atoms with van der Waals surface area (Å²) in [5.74, 6) is 0.966. The number of benzene rings is 1. The maximum Gasteiger partial charge on any atom is 0.242 e. The van der Waals surface area contributed by atoms with E-state index in [0.717, 1.165) is 43.8 Å². The lowest BCUT2D eigenvalue weighted by atomic mass is 10.1. The third-order valence-electron chi connectivity index (χ3n) is 4.91. The Morgan fingerprint density at radius 1 is 1.21 bits per heavy atom. The van der Waals surface area contributed by atoms with Gasteiger partial charge in [-0.1, -0.05) is 6.92 Å². The number of amides is 1. The van der Waals surface area contributed by atoms with E-state index in [1.807, 2.05) is 17.0 Å². The molecule has 2 aliphatic rings. The third-order valence-corrected chi connectivity index (χ3v) is 4.91. The molecule has 1 aromatic carbocycles. The van der Waals surface area contributed by atoms with Gasteiger partial charge in [0.15, 0.2) is 5.78 Å². The van der Waals surface area contributed by atoms with Gasteiger partial charge >= 0.3 is 0 Å². The number of carbonyl (C=O) groups excluding carboxylic acids is 2. The van der Waals surface area contributed by atoms with E-state index in [2.05, 4.69) is 11.8 Å². The molecule has 2 heterocycles. The summed E-state index contributed by atoms with van der Waals surface area (Å²) in [7, 11) is 0. The van der Waals surface area contributed by atoms with E-state index in [-0.39, 0.29) is 17.8 Å². The minimum Gasteiger partial charge on any atom is -0.486 e. The van der Waals surface area contributed by atoms with E-state index in [1.54, 1.807) is 13.0 Å². The zero-order valence-corrected chi connectivity index (χ0v) is 14.6. The molecule has 5 heteroatoms. The number of ketones is 1. The highest BCUT2D eigenvalue weighted by molar-refractivity contribution is 5.96. The number of carbonyl (C=O) groups is 2. The minimum absolute atomic E-state index is 0.0257. The average molecular weight is 330 g/mol. The van der Waals surface area contributed by atoms with Crippen LogP contribution in [0.4, 0.5) is 5.69 Å². The van der Waals surface area contributed by atoms with Crippen molar-refractivity contribution in [1.29, 1.82) is 0 Å². The Morgan fingerprint density at radius 2 is 1.96 bits per heavy atom. The molecule has 1 amide bonds. The molecule has 1 aromatic rings. The van der Waals surface area contributed by atoms with Crippen molar-refractivity contribution in [3.8, 4) is 5.75 Å². The molecule has 24 heavy (non-hydrogen) atoms. The van der Waals surface area contributed by atoms with Gasteiger partial charge in [-0.25, -0.2) is 0 Å². The minimum atomic E-state index is 0.0257. The van der Waals surface area contributed by atoms with E-state index in [9.17, 15) is 9.59 Å². The van der Waals surface area contributed by atoms with Crippen LogP contribution in [0.1, 0.15) is 49.9 Å². The SMILES string of the molecule is CCC1CN(CC(=O)N2CCCCC2)c2cc(C(C)=O)ccc2O1. The molecule has 0 radical (unpaired) electrons. The molecule has 0 saturated carbocycles. The molecule has 130 valence electrons. The standard InChI is InChI=1S/C19H26N2O3/c1-3-16-12-21(13-19(23)20-9-5-4-6-10-20)17-11-15(14(2)22)7-8-18(17)24-16/h7-8,11,16H,3-6,9-10,12-13H2,1-2H3. The van der Waals surface area contributed by atoms with Crippen LogP contribution in [0.15, 0.2) is 18.2 Å². The highest BCUT2D eigenvalue weighted by Gasteiger charge is 2.28. The van der Waals surface area contributed by atoms with E-state index in [4.69, 9.17) is 4.74 Å². The molecule has 1 fully saturated rings. The number of piperidine rings is 1. The second-order valence-corrected chi connectivity index (χ2v) is 6.71. The van der Waals surface area contributed by atoms with Gasteiger partial charge < -0.3 is 14.5 Å². The first-order valence-electron chi connectivity index (χ1n) is 8.93. The number of rotatable bonds is 4. The van der Waals surface area contributed by atoms with Gasteiger partial charge in [0, 0.05) is 18.7 Å². The van der Waals surface area contributed by atoms with Gasteiger partial charge in [-0.3, -0.25) is 9.59 Å². The molecular formula is C19H26N2O3. The van der Waals surface area contributed by atoms with E-state index >= 15 is 0 Å². The Kier molecular flexibility index (Phi) is 5.07. The van der Waals surface area contributed by atoms with Gasteiger partial charge in [0.1, 0.15) is 11.9 Å². The Hall–Kier alpha value is -2.04. The Balaban J connectivity index is 1.82. The number of nitrogens with zero attached hydrogens (tertiary/aromatic N) is 2. The van der Waals surface area contributed by atoms with Crippen molar-refractivity contribution in [3.05, 3.63) is 23.8 Å². The maximum atomic E-state index is 12.7. The van der Waals surface area contributed by atoms with Crippen molar-refractivity contribution in [3.63, 3.8) is 0 Å². The van der Waals surface area contributed by atoms with Crippen molar-refractivity contribution in [1.82, 2.24) is 4.90 Å². The average Bonchev–Trinajstić information content (AvgIpc) is 2.61. The van der Waals surface area contributed by atoms with Crippen molar-refractivity contribution >= 4 is 17.4 Å². The van der Waals surface area contributed by atoms with Crippen LogP contribution in [0.25, 0.3) is 0 Å². The summed E-state index contributed by atoms with van der Waals surface area (Å²) in [5.41, 5.74) is 1.51. The zero-order valence-electron chi connectivity index (χ0n) is 14.6. The van der Waals surface area contributed by atoms with Crippen molar-refractivity contribution in [2.75, 3.05) is 31.1 Å². The molecule has 5 nitrogen and oxygen atoms in total. The summed E-state index contributed by atoms with van der Waals surface area (Å²) in [5, 5.41) is 0. The van der Waals surface area contributed by atoms with Crippen molar-refractivity contribution in [2.24, 2.45) is 0 Å². The number of likely N-dealkylation sites (tertiary alicyclic amines) is 1. The normalized spacial score (nSPS) is 20.3. The second kappa shape index (κ2) is 7.24. The van der Waals surface area contributed by atoms with E-state index in [0.29, 0.717) is 18.7 Å². The van der Waals surface area contributed by atoms with Crippen molar-refractivity contribution < 1.29 is 14.3 Å². The number of hydrogen-bond acceptors (Lipinski definition) is 4. The summed E-state index contributed by atoms with van der Waals surface area (Å²) in [6.45, 7) is 6.41. The first-order chi connectivity index (χ1) is 11.6. The molecule has 0 aromatic heterocycles. The maximum absolute atomic E-state index is 12.7. The highest BCUT2D eigenvalue weighted by atomic mass is 16.5. The molecule has 2 aliphatic heterocycles. The van der Waals surface area contributed by atoms with Gasteiger partial charge in [0.05, 0.1) is 18.8 Å². The lowest BCUT2D eigenvalue weighted by Gasteiger charge is -2.37. The molecule has 0 bridgehead atoms. The zero-order chi connectivity index (χ0) is 17.1. The van der Waals surface area contributed by atoms with E-state index in [1.165, 1.54) is 6.42 Å². The predicted octanol–water partition coefficient (Wildman–Crippen LogP) is 2.88. The summed E-state index contributed by atoms with van der Waals surface area (Å²) < 4.78 is 6.00. The van der Waals surface area contributed by atoms with Gasteiger partial charge in [-0.2, -0.15) is 0 Å². The highest BCUT2D eigenvalue weighted by Crippen LogP contribution is 2.35. The van der Waals surface area contributed by atoms with E-state index < -0.39 is 0 Å². The lowest BCUT2D eigenvalue weighted by molar-refractivity contribution is -0.130.